The average Bonchev–Trinajstić information content (AvgIpc) is 2.55. The van der Waals surface area contributed by atoms with Crippen molar-refractivity contribution in [3.63, 3.8) is 0 Å². The van der Waals surface area contributed by atoms with E-state index in [0.29, 0.717) is 19.0 Å². The lowest BCUT2D eigenvalue weighted by molar-refractivity contribution is 0.0755. The summed E-state index contributed by atoms with van der Waals surface area (Å²) in [6, 6.07) is 8.46. The Morgan fingerprint density at radius 3 is 2.86 bits per heavy atom. The van der Waals surface area contributed by atoms with E-state index in [2.05, 4.69) is 20.6 Å². The van der Waals surface area contributed by atoms with Crippen LogP contribution >= 0.6 is 0 Å². The first-order valence-corrected chi connectivity index (χ1v) is 7.36. The van der Waals surface area contributed by atoms with Crippen LogP contribution in [0.25, 0.3) is 0 Å². The van der Waals surface area contributed by atoms with Crippen molar-refractivity contribution in [2.75, 3.05) is 25.1 Å². The van der Waals surface area contributed by atoms with Crippen LogP contribution < -0.4 is 10.6 Å². The molecule has 0 spiro atoms. The first-order chi connectivity index (χ1) is 10.7. The Morgan fingerprint density at radius 1 is 1.32 bits per heavy atom. The minimum atomic E-state index is -0.229. The number of anilines is 1. The van der Waals surface area contributed by atoms with Gasteiger partial charge in [-0.2, -0.15) is 0 Å². The van der Waals surface area contributed by atoms with Crippen molar-refractivity contribution in [1.82, 2.24) is 15.3 Å². The van der Waals surface area contributed by atoms with Crippen LogP contribution in [0.4, 0.5) is 10.2 Å². The van der Waals surface area contributed by atoms with Crippen LogP contribution in [0.2, 0.25) is 0 Å². The van der Waals surface area contributed by atoms with E-state index >= 15 is 0 Å². The molecule has 0 amide bonds. The Labute approximate surface area is 128 Å². The summed E-state index contributed by atoms with van der Waals surface area (Å²) in [4.78, 5) is 8.88. The van der Waals surface area contributed by atoms with Crippen LogP contribution in [0.3, 0.4) is 0 Å². The van der Waals surface area contributed by atoms with E-state index in [-0.39, 0.29) is 11.9 Å². The lowest BCUT2D eigenvalue weighted by Crippen LogP contribution is -2.35. The summed E-state index contributed by atoms with van der Waals surface area (Å²) >= 11 is 0. The number of nitrogens with zero attached hydrogens (tertiary/aromatic N) is 2. The molecule has 1 aliphatic rings. The first-order valence-electron chi connectivity index (χ1n) is 7.36. The van der Waals surface area contributed by atoms with Gasteiger partial charge in [-0.1, -0.05) is 12.1 Å². The highest BCUT2D eigenvalue weighted by Gasteiger charge is 2.17. The third kappa shape index (κ3) is 3.78. The molecule has 3 rings (SSSR count). The number of aryl methyl sites for hydroxylation is 1. The molecule has 0 unspecified atom stereocenters. The van der Waals surface area contributed by atoms with Gasteiger partial charge in [-0.05, 0) is 24.6 Å². The zero-order chi connectivity index (χ0) is 15.4. The number of benzene rings is 1. The number of hydrogen-bond acceptors (Lipinski definition) is 5. The number of ether oxygens (including phenoxy) is 1. The van der Waals surface area contributed by atoms with Crippen molar-refractivity contribution in [2.45, 2.75) is 19.5 Å². The van der Waals surface area contributed by atoms with E-state index in [0.717, 1.165) is 30.2 Å². The van der Waals surface area contributed by atoms with Crippen LogP contribution in [0.15, 0.2) is 30.3 Å². The fourth-order valence-electron chi connectivity index (χ4n) is 2.41. The van der Waals surface area contributed by atoms with Crippen LogP contribution in [0.5, 0.6) is 0 Å². The van der Waals surface area contributed by atoms with E-state index in [4.69, 9.17) is 4.74 Å². The number of rotatable bonds is 4. The number of halogens is 1. The molecule has 0 radical (unpaired) electrons. The molecule has 6 heteroatoms. The Bertz CT molecular complexity index is 627. The minimum Gasteiger partial charge on any atom is -0.378 e. The quantitative estimate of drug-likeness (QED) is 0.906. The summed E-state index contributed by atoms with van der Waals surface area (Å²) in [5.74, 6) is 1.25. The largest absolute Gasteiger partial charge is 0.378 e. The summed E-state index contributed by atoms with van der Waals surface area (Å²) in [5, 5.41) is 6.64. The van der Waals surface area contributed by atoms with Gasteiger partial charge in [0.15, 0.2) is 0 Å². The molecule has 2 N–H and O–H groups in total. The zero-order valence-corrected chi connectivity index (χ0v) is 12.5. The van der Waals surface area contributed by atoms with Crippen molar-refractivity contribution in [3.05, 3.63) is 53.2 Å². The van der Waals surface area contributed by atoms with Gasteiger partial charge in [0, 0.05) is 19.2 Å². The van der Waals surface area contributed by atoms with Crippen LogP contribution in [0, 0.1) is 12.7 Å². The third-order valence-electron chi connectivity index (χ3n) is 3.52. The van der Waals surface area contributed by atoms with Crippen LogP contribution in [-0.2, 0) is 11.3 Å². The van der Waals surface area contributed by atoms with Gasteiger partial charge in [-0.25, -0.2) is 14.4 Å². The second-order valence-electron chi connectivity index (χ2n) is 5.29. The molecular weight excluding hydrogens is 283 g/mol. The monoisotopic (exact) mass is 302 g/mol. The van der Waals surface area contributed by atoms with Crippen LogP contribution in [0.1, 0.15) is 23.1 Å². The van der Waals surface area contributed by atoms with Gasteiger partial charge in [-0.3, -0.25) is 0 Å². The molecule has 2 aromatic rings. The maximum Gasteiger partial charge on any atom is 0.130 e. The molecule has 0 bridgehead atoms. The predicted octanol–water partition coefficient (Wildman–Crippen LogP) is 2.20. The van der Waals surface area contributed by atoms with Crippen molar-refractivity contribution in [3.8, 4) is 0 Å². The molecule has 1 aromatic carbocycles. The van der Waals surface area contributed by atoms with Gasteiger partial charge < -0.3 is 15.4 Å². The second-order valence-corrected chi connectivity index (χ2v) is 5.29. The highest BCUT2D eigenvalue weighted by atomic mass is 19.1. The highest BCUT2D eigenvalue weighted by Crippen LogP contribution is 2.17. The average molecular weight is 302 g/mol. The van der Waals surface area contributed by atoms with E-state index in [9.17, 15) is 4.39 Å². The van der Waals surface area contributed by atoms with E-state index < -0.39 is 0 Å². The Balaban J connectivity index is 1.70. The first kappa shape index (κ1) is 14.9. The molecule has 2 heterocycles. The van der Waals surface area contributed by atoms with Gasteiger partial charge in [0.2, 0.25) is 0 Å². The molecule has 5 nitrogen and oxygen atoms in total. The van der Waals surface area contributed by atoms with E-state index in [1.807, 2.05) is 13.0 Å². The molecule has 1 fully saturated rings. The van der Waals surface area contributed by atoms with Crippen molar-refractivity contribution >= 4 is 5.82 Å². The Kier molecular flexibility index (Phi) is 4.60. The molecule has 0 aliphatic carbocycles. The van der Waals surface area contributed by atoms with Gasteiger partial charge in [-0.15, -0.1) is 0 Å². The van der Waals surface area contributed by atoms with Gasteiger partial charge in [0.25, 0.3) is 0 Å². The molecule has 116 valence electrons. The van der Waals surface area contributed by atoms with Crippen molar-refractivity contribution < 1.29 is 9.13 Å². The van der Waals surface area contributed by atoms with E-state index in [1.54, 1.807) is 12.1 Å². The molecular formula is C16H19FN4O. The minimum absolute atomic E-state index is 0.0989. The maximum absolute atomic E-state index is 12.9. The fraction of sp³-hybridized carbons (Fsp3) is 0.375. The van der Waals surface area contributed by atoms with Gasteiger partial charge in [0.05, 0.1) is 24.9 Å². The number of hydrogen-bond donors (Lipinski definition) is 2. The van der Waals surface area contributed by atoms with Gasteiger partial charge >= 0.3 is 0 Å². The standard InChI is InChI=1S/C16H19FN4O/c1-11-20-14(15-10-22-7-6-18-15)8-16(21-11)19-9-12-2-4-13(17)5-3-12/h2-5,8,15,18H,6-7,9-10H2,1H3,(H,19,20,21)/t15-/m1/s1. The molecule has 0 saturated carbocycles. The van der Waals surface area contributed by atoms with Crippen molar-refractivity contribution in [2.24, 2.45) is 0 Å². The lowest BCUT2D eigenvalue weighted by atomic mass is 10.2. The zero-order valence-electron chi connectivity index (χ0n) is 12.5. The van der Waals surface area contributed by atoms with Crippen LogP contribution in [-0.4, -0.2) is 29.7 Å². The number of nitrogens with one attached hydrogen (secondary N) is 2. The maximum atomic E-state index is 12.9. The van der Waals surface area contributed by atoms with Crippen molar-refractivity contribution in [1.29, 1.82) is 0 Å². The summed E-state index contributed by atoms with van der Waals surface area (Å²) < 4.78 is 18.4. The highest BCUT2D eigenvalue weighted by molar-refractivity contribution is 5.38. The summed E-state index contributed by atoms with van der Waals surface area (Å²) in [5.41, 5.74) is 1.92. The SMILES string of the molecule is Cc1nc(NCc2ccc(F)cc2)cc([C@H]2COCCN2)n1. The predicted molar refractivity (Wildman–Crippen MR) is 82.1 cm³/mol. The molecule has 1 aromatic heterocycles. The summed E-state index contributed by atoms with van der Waals surface area (Å²) in [6.45, 7) is 4.64. The lowest BCUT2D eigenvalue weighted by Gasteiger charge is -2.23. The Hall–Kier alpha value is -2.05. The summed E-state index contributed by atoms with van der Waals surface area (Å²) in [6.07, 6.45) is 0. The molecule has 1 saturated heterocycles. The van der Waals surface area contributed by atoms with E-state index in [1.165, 1.54) is 12.1 Å². The molecule has 1 aliphatic heterocycles. The number of aromatic nitrogens is 2. The normalized spacial score (nSPS) is 18.2. The molecule has 1 atom stereocenters. The Morgan fingerprint density at radius 2 is 2.14 bits per heavy atom. The smallest absolute Gasteiger partial charge is 0.130 e. The molecule has 22 heavy (non-hydrogen) atoms. The topological polar surface area (TPSA) is 59.1 Å². The fourth-order valence-corrected chi connectivity index (χ4v) is 2.41. The number of morpholine rings is 1. The summed E-state index contributed by atoms with van der Waals surface area (Å²) in [7, 11) is 0. The third-order valence-corrected chi connectivity index (χ3v) is 3.52. The second kappa shape index (κ2) is 6.81. The van der Waals surface area contributed by atoms with Gasteiger partial charge in [0.1, 0.15) is 17.5 Å².